The molecule has 1 saturated carbocycles. The van der Waals surface area contributed by atoms with E-state index in [-0.39, 0.29) is 35.4 Å². The van der Waals surface area contributed by atoms with Crippen LogP contribution in [0.2, 0.25) is 0 Å². The molecule has 2 aliphatic rings. The van der Waals surface area contributed by atoms with Crippen molar-refractivity contribution in [1.82, 2.24) is 15.2 Å². The molecule has 1 aromatic heterocycles. The first-order valence-electron chi connectivity index (χ1n) is 11.7. The Hall–Kier alpha value is -3.33. The zero-order valence-electron chi connectivity index (χ0n) is 20.0. The molecule has 205 valence electrons. The first kappa shape index (κ1) is 27.3. The number of likely N-dealkylation sites (tertiary alicyclic amines) is 1. The predicted octanol–water partition coefficient (Wildman–Crippen LogP) is 4.77. The summed E-state index contributed by atoms with van der Waals surface area (Å²) in [5, 5.41) is 6.53. The van der Waals surface area contributed by atoms with E-state index in [4.69, 9.17) is 12.6 Å². The summed E-state index contributed by atoms with van der Waals surface area (Å²) >= 11 is 5.64. The second-order valence-electron chi connectivity index (χ2n) is 9.59. The average Bonchev–Trinajstić information content (AvgIpc) is 3.30. The molecular formula is C25H29F4LrN4OS-. The van der Waals surface area contributed by atoms with Crippen molar-refractivity contribution in [2.75, 3.05) is 32.5 Å². The number of halogens is 4. The third-order valence-corrected chi connectivity index (χ3v) is 7.74. The molecule has 1 aliphatic carbocycles. The van der Waals surface area contributed by atoms with E-state index in [0.29, 0.717) is 49.0 Å². The second-order valence-corrected chi connectivity index (χ2v) is 10.3. The zero-order chi connectivity index (χ0) is 25.5. The van der Waals surface area contributed by atoms with Gasteiger partial charge in [0.05, 0.1) is 11.3 Å². The SMILES string of the molecule is C=C(c1nc([C@H]2CC[C@@H](C(=O)NC)C2)cc2c(N[C@@]3([S-])CCN(C)C[C@@H]3F)cccc12)C(F)(F)F.[Lr]. The number of hydrogen-bond acceptors (Lipinski definition) is 5. The number of nitrogens with zero attached hydrogens (tertiary/aromatic N) is 2. The number of nitrogens with one attached hydrogen (secondary N) is 2. The minimum Gasteiger partial charge on any atom is -0.762 e. The minimum atomic E-state index is -4.67. The molecule has 5 nitrogen and oxygen atoms in total. The van der Waals surface area contributed by atoms with Crippen molar-refractivity contribution < 1.29 is 22.4 Å². The average molecular weight is 772 g/mol. The number of piperidine rings is 1. The number of alkyl halides is 4. The van der Waals surface area contributed by atoms with Gasteiger partial charge in [-0.1, -0.05) is 18.7 Å². The van der Waals surface area contributed by atoms with Gasteiger partial charge in [0.2, 0.25) is 5.91 Å². The van der Waals surface area contributed by atoms with Gasteiger partial charge in [0.1, 0.15) is 6.17 Å². The maximum atomic E-state index is 15.0. The van der Waals surface area contributed by atoms with E-state index >= 15 is 0 Å². The Morgan fingerprint density at radius 1 is 1.28 bits per heavy atom. The van der Waals surface area contributed by atoms with Crippen LogP contribution in [0.3, 0.4) is 0 Å². The van der Waals surface area contributed by atoms with Crippen LogP contribution < -0.4 is 10.6 Å². The smallest absolute Gasteiger partial charge is 0.417 e. The van der Waals surface area contributed by atoms with Crippen LogP contribution in [0.4, 0.5) is 23.2 Å². The fourth-order valence-corrected chi connectivity index (χ4v) is 5.34. The third-order valence-electron chi connectivity index (χ3n) is 7.18. The fourth-order valence-electron chi connectivity index (χ4n) is 5.07. The monoisotopic (exact) mass is 771 g/mol. The summed E-state index contributed by atoms with van der Waals surface area (Å²) in [7, 11) is 3.39. The topological polar surface area (TPSA) is 57.3 Å². The van der Waals surface area contributed by atoms with Crippen molar-refractivity contribution in [2.24, 2.45) is 5.92 Å². The third kappa shape index (κ3) is 5.11. The van der Waals surface area contributed by atoms with Gasteiger partial charge in [0.25, 0.3) is 0 Å². The van der Waals surface area contributed by atoms with Gasteiger partial charge in [-0.25, -0.2) is 4.39 Å². The molecule has 36 heavy (non-hydrogen) atoms. The number of carbonyl (C=O) groups excluding carboxylic acids is 1. The minimum absolute atomic E-state index is 0. The fraction of sp³-hybridized carbons (Fsp3) is 0.520. The number of carbonyl (C=O) groups is 1. The van der Waals surface area contributed by atoms with Crippen molar-refractivity contribution in [2.45, 2.75) is 48.8 Å². The van der Waals surface area contributed by atoms with Crippen molar-refractivity contribution in [3.63, 3.8) is 0 Å². The van der Waals surface area contributed by atoms with E-state index in [1.165, 1.54) is 0 Å². The molecule has 11 heteroatoms. The van der Waals surface area contributed by atoms with Gasteiger partial charge in [0.15, 0.2) is 0 Å². The number of rotatable bonds is 5. The number of hydrogen-bond donors (Lipinski definition) is 2. The van der Waals surface area contributed by atoms with Gasteiger partial charge in [-0.05, 0) is 56.3 Å². The summed E-state index contributed by atoms with van der Waals surface area (Å²) in [4.78, 5) is 17.1. The Morgan fingerprint density at radius 3 is 2.64 bits per heavy atom. The molecule has 0 bridgehead atoms. The van der Waals surface area contributed by atoms with E-state index in [1.807, 2.05) is 11.9 Å². The van der Waals surface area contributed by atoms with Gasteiger partial charge < -0.3 is 28.2 Å². The van der Waals surface area contributed by atoms with Crippen LogP contribution in [0, 0.1) is 5.92 Å². The van der Waals surface area contributed by atoms with Crippen molar-refractivity contribution in [1.29, 1.82) is 0 Å². The Balaban J connectivity index is 0.00000361. The number of allylic oxidation sites excluding steroid dienone is 1. The Bertz CT molecular complexity index is 1150. The zero-order valence-corrected chi connectivity index (χ0v) is 22.9. The standard InChI is InChI=1S/C25H30F4N4OS.Lr/c1-14(25(27,28)29)22-17-5-4-6-19(32-24(35)9-10-33(3)13-21(24)26)18(17)12-20(31-22)15-7-8-16(11-15)23(34)30-2;/h4-6,12,15-16,21,32,35H,1,7-11,13H2,2-3H3,(H,30,34);/p-1/t15-,16+,21-,24+;/m0./s1. The molecule has 0 spiro atoms. The number of benzene rings is 1. The molecule has 1 saturated heterocycles. The molecule has 1 radical (unpaired) electrons. The van der Waals surface area contributed by atoms with E-state index < -0.39 is 22.8 Å². The maximum absolute atomic E-state index is 15.0. The molecular weight excluding hydrogens is 742 g/mol. The van der Waals surface area contributed by atoms with Crippen molar-refractivity contribution in [3.05, 3.63) is 42.2 Å². The van der Waals surface area contributed by atoms with E-state index in [2.05, 4.69) is 22.2 Å². The predicted molar refractivity (Wildman–Crippen MR) is 132 cm³/mol. The molecule has 1 aromatic carbocycles. The number of pyridine rings is 1. The van der Waals surface area contributed by atoms with Gasteiger partial charge >= 0.3 is 6.18 Å². The summed E-state index contributed by atoms with van der Waals surface area (Å²) < 4.78 is 56.2. The molecule has 4 rings (SSSR count). The number of aromatic nitrogens is 1. The first-order valence-corrected chi connectivity index (χ1v) is 12.1. The van der Waals surface area contributed by atoms with Crippen LogP contribution in [-0.4, -0.2) is 60.2 Å². The molecule has 1 amide bonds. The van der Waals surface area contributed by atoms with Crippen LogP contribution in [0.25, 0.3) is 16.3 Å². The number of fused-ring (bicyclic) bond motifs is 1. The summed E-state index contributed by atoms with van der Waals surface area (Å²) in [6, 6.07) is 6.62. The van der Waals surface area contributed by atoms with E-state index in [9.17, 15) is 22.4 Å². The molecule has 2 fully saturated rings. The molecule has 4 atom stereocenters. The largest absolute Gasteiger partial charge is 0.762 e. The van der Waals surface area contributed by atoms with Crippen LogP contribution >= 0.6 is 0 Å². The van der Waals surface area contributed by atoms with Crippen LogP contribution in [-0.2, 0) is 17.4 Å². The van der Waals surface area contributed by atoms with Crippen LogP contribution in [0.1, 0.15) is 43.0 Å². The molecule has 2 aromatic rings. The summed E-state index contributed by atoms with van der Waals surface area (Å²) in [5.41, 5.74) is -0.365. The normalized spacial score (nSPS) is 26.9. The molecule has 0 unspecified atom stereocenters. The van der Waals surface area contributed by atoms with Crippen molar-refractivity contribution >= 4 is 40.6 Å². The van der Waals surface area contributed by atoms with Gasteiger partial charge in [-0.2, -0.15) is 13.2 Å². The summed E-state index contributed by atoms with van der Waals surface area (Å²) in [5.74, 6) is -0.475. The number of amides is 1. The Morgan fingerprint density at radius 2 is 2.00 bits per heavy atom. The Labute approximate surface area is 207 Å². The summed E-state index contributed by atoms with van der Waals surface area (Å²) in [6.07, 6.45) is -3.87. The Kier molecular flexibility index (Phi) is 7.55. The van der Waals surface area contributed by atoms with Gasteiger partial charge in [-0.15, -0.1) is 0 Å². The van der Waals surface area contributed by atoms with Gasteiger partial charge in [0, 0.05) is 47.6 Å². The molecule has 2 heterocycles. The first-order chi connectivity index (χ1) is 16.4. The quantitative estimate of drug-likeness (QED) is 0.340. The molecule has 2 N–H and O–H groups in total. The number of anilines is 1. The van der Waals surface area contributed by atoms with Crippen LogP contribution in [0.15, 0.2) is 30.8 Å². The summed E-state index contributed by atoms with van der Waals surface area (Å²) in [6.45, 7) is 4.07. The van der Waals surface area contributed by atoms with E-state index in [0.717, 1.165) is 0 Å². The van der Waals surface area contributed by atoms with E-state index in [1.54, 1.807) is 31.3 Å². The maximum Gasteiger partial charge on any atom is 0.417 e. The second kappa shape index (κ2) is 9.97. The molecule has 1 aliphatic heterocycles. The van der Waals surface area contributed by atoms with Crippen molar-refractivity contribution in [3.8, 4) is 0 Å². The van der Waals surface area contributed by atoms with Gasteiger partial charge in [-0.3, -0.25) is 9.78 Å². The van der Waals surface area contributed by atoms with Crippen LogP contribution in [0.5, 0.6) is 0 Å².